The molecule has 1 heterocycles. The van der Waals surface area contributed by atoms with Crippen LogP contribution in [0.3, 0.4) is 0 Å². The molecule has 4 nitrogen and oxygen atoms in total. The minimum absolute atomic E-state index is 0.0126. The zero-order valence-electron chi connectivity index (χ0n) is 9.58. The summed E-state index contributed by atoms with van der Waals surface area (Å²) in [4.78, 5) is 4.19. The number of fused-ring (bicyclic) bond motifs is 1. The molecule has 2 aromatic rings. The summed E-state index contributed by atoms with van der Waals surface area (Å²) in [6.45, 7) is 2.46. The van der Waals surface area contributed by atoms with Crippen molar-refractivity contribution in [2.75, 3.05) is 12.8 Å². The molecular weight excluding hydrogens is 289 g/mol. The van der Waals surface area contributed by atoms with E-state index in [4.69, 9.17) is 10.5 Å². The van der Waals surface area contributed by atoms with E-state index in [0.717, 1.165) is 0 Å². The molecule has 0 aliphatic rings. The Morgan fingerprint density at radius 2 is 2.29 bits per heavy atom. The Morgan fingerprint density at radius 1 is 1.59 bits per heavy atom. The van der Waals surface area contributed by atoms with E-state index in [-0.39, 0.29) is 11.9 Å². The van der Waals surface area contributed by atoms with Crippen LogP contribution in [0.4, 0.5) is 10.3 Å². The smallest absolute Gasteiger partial charge is 0.201 e. The van der Waals surface area contributed by atoms with Crippen LogP contribution >= 0.6 is 15.9 Å². The Balaban J connectivity index is 2.54. The lowest BCUT2D eigenvalue weighted by molar-refractivity contribution is 0.105. The molecule has 0 bridgehead atoms. The number of nitrogen functional groups attached to an aromatic ring is 1. The van der Waals surface area contributed by atoms with E-state index in [1.165, 1.54) is 6.07 Å². The molecule has 2 rings (SSSR count). The van der Waals surface area contributed by atoms with Gasteiger partial charge in [0.05, 0.1) is 28.2 Å². The van der Waals surface area contributed by atoms with Gasteiger partial charge in [0.1, 0.15) is 5.82 Å². The van der Waals surface area contributed by atoms with Gasteiger partial charge in [0, 0.05) is 13.2 Å². The van der Waals surface area contributed by atoms with Crippen molar-refractivity contribution in [3.63, 3.8) is 0 Å². The minimum atomic E-state index is -0.330. The van der Waals surface area contributed by atoms with Crippen LogP contribution in [0.25, 0.3) is 11.0 Å². The molecule has 0 aliphatic heterocycles. The molecule has 0 fully saturated rings. The quantitative estimate of drug-likeness (QED) is 0.948. The number of benzene rings is 1. The normalized spacial score (nSPS) is 13.2. The van der Waals surface area contributed by atoms with Crippen molar-refractivity contribution in [1.29, 1.82) is 0 Å². The molecule has 1 aromatic heterocycles. The molecule has 0 spiro atoms. The van der Waals surface area contributed by atoms with E-state index < -0.39 is 0 Å². The number of halogens is 2. The number of nitrogens with two attached hydrogens (primary N) is 1. The molecule has 17 heavy (non-hydrogen) atoms. The average Bonchev–Trinajstić information content (AvgIpc) is 2.56. The molecule has 2 N–H and O–H groups in total. The standard InChI is InChI=1S/C11H13BrFN3O/c1-6(17-2)5-16-10-4-8(13)7(12)3-9(10)15-11(16)14/h3-4,6H,5H2,1-2H3,(H2,14,15). The number of ether oxygens (including phenoxy) is 1. The largest absolute Gasteiger partial charge is 0.380 e. The summed E-state index contributed by atoms with van der Waals surface area (Å²) >= 11 is 3.12. The van der Waals surface area contributed by atoms with Crippen molar-refractivity contribution in [1.82, 2.24) is 9.55 Å². The van der Waals surface area contributed by atoms with Crippen LogP contribution in [0, 0.1) is 5.82 Å². The van der Waals surface area contributed by atoms with Crippen LogP contribution in [0.15, 0.2) is 16.6 Å². The van der Waals surface area contributed by atoms with Gasteiger partial charge in [-0.15, -0.1) is 0 Å². The highest BCUT2D eigenvalue weighted by Crippen LogP contribution is 2.25. The maximum atomic E-state index is 13.5. The topological polar surface area (TPSA) is 53.1 Å². The zero-order valence-corrected chi connectivity index (χ0v) is 11.2. The third-order valence-corrected chi connectivity index (χ3v) is 3.27. The van der Waals surface area contributed by atoms with E-state index in [2.05, 4.69) is 20.9 Å². The predicted octanol–water partition coefficient (Wildman–Crippen LogP) is 2.56. The molecule has 92 valence electrons. The summed E-state index contributed by atoms with van der Waals surface area (Å²) in [5.41, 5.74) is 7.15. The first kappa shape index (κ1) is 12.3. The molecule has 6 heteroatoms. The number of methoxy groups -OCH3 is 1. The summed E-state index contributed by atoms with van der Waals surface area (Å²) in [6, 6.07) is 3.04. The average molecular weight is 302 g/mol. The maximum Gasteiger partial charge on any atom is 0.201 e. The van der Waals surface area contributed by atoms with Crippen molar-refractivity contribution < 1.29 is 9.13 Å². The van der Waals surface area contributed by atoms with E-state index in [1.807, 2.05) is 6.92 Å². The fourth-order valence-corrected chi connectivity index (χ4v) is 1.99. The molecule has 1 unspecified atom stereocenters. The second-order valence-corrected chi connectivity index (χ2v) is 4.74. The van der Waals surface area contributed by atoms with Crippen LogP contribution in [-0.4, -0.2) is 22.8 Å². The second-order valence-electron chi connectivity index (χ2n) is 3.88. The Bertz CT molecular complexity index is 555. The Morgan fingerprint density at radius 3 is 2.94 bits per heavy atom. The first-order chi connectivity index (χ1) is 8.02. The summed E-state index contributed by atoms with van der Waals surface area (Å²) in [5, 5.41) is 0. The van der Waals surface area contributed by atoms with Gasteiger partial charge in [0.2, 0.25) is 5.95 Å². The van der Waals surface area contributed by atoms with E-state index in [1.54, 1.807) is 17.7 Å². The summed E-state index contributed by atoms with van der Waals surface area (Å²) < 4.78 is 20.8. The number of hydrogen-bond acceptors (Lipinski definition) is 3. The number of rotatable bonds is 3. The van der Waals surface area contributed by atoms with Gasteiger partial charge >= 0.3 is 0 Å². The van der Waals surface area contributed by atoms with Crippen LogP contribution < -0.4 is 5.73 Å². The lowest BCUT2D eigenvalue weighted by Crippen LogP contribution is -2.16. The first-order valence-electron chi connectivity index (χ1n) is 5.16. The van der Waals surface area contributed by atoms with Crippen LogP contribution in [-0.2, 0) is 11.3 Å². The van der Waals surface area contributed by atoms with Crippen LogP contribution in [0.5, 0.6) is 0 Å². The van der Waals surface area contributed by atoms with E-state index >= 15 is 0 Å². The van der Waals surface area contributed by atoms with Gasteiger partial charge in [0.25, 0.3) is 0 Å². The Hall–Kier alpha value is -1.14. The van der Waals surface area contributed by atoms with Crippen molar-refractivity contribution in [3.8, 4) is 0 Å². The predicted molar refractivity (Wildman–Crippen MR) is 68.3 cm³/mol. The summed E-state index contributed by atoms with van der Waals surface area (Å²) in [5.74, 6) is 0.0325. The highest BCUT2D eigenvalue weighted by Gasteiger charge is 2.13. The minimum Gasteiger partial charge on any atom is -0.380 e. The molecule has 0 amide bonds. The zero-order chi connectivity index (χ0) is 12.6. The fraction of sp³-hybridized carbons (Fsp3) is 0.364. The van der Waals surface area contributed by atoms with Crippen molar-refractivity contribution in [2.24, 2.45) is 0 Å². The van der Waals surface area contributed by atoms with Crippen molar-refractivity contribution in [2.45, 2.75) is 19.6 Å². The Kier molecular flexibility index (Phi) is 3.35. The molecule has 0 saturated carbocycles. The van der Waals surface area contributed by atoms with E-state index in [9.17, 15) is 4.39 Å². The highest BCUT2D eigenvalue weighted by molar-refractivity contribution is 9.10. The number of hydrogen-bond donors (Lipinski definition) is 1. The Labute approximate surface area is 107 Å². The molecule has 0 aliphatic carbocycles. The van der Waals surface area contributed by atoms with Gasteiger partial charge in [-0.25, -0.2) is 9.37 Å². The molecule has 1 atom stereocenters. The van der Waals surface area contributed by atoms with Crippen molar-refractivity contribution >= 4 is 32.9 Å². The highest BCUT2D eigenvalue weighted by atomic mass is 79.9. The van der Waals surface area contributed by atoms with E-state index in [0.29, 0.717) is 28.0 Å². The van der Waals surface area contributed by atoms with Crippen molar-refractivity contribution in [3.05, 3.63) is 22.4 Å². The van der Waals surface area contributed by atoms with Crippen LogP contribution in [0.1, 0.15) is 6.92 Å². The lowest BCUT2D eigenvalue weighted by atomic mass is 10.3. The lowest BCUT2D eigenvalue weighted by Gasteiger charge is -2.12. The first-order valence-corrected chi connectivity index (χ1v) is 5.95. The van der Waals surface area contributed by atoms with Gasteiger partial charge in [-0.3, -0.25) is 0 Å². The van der Waals surface area contributed by atoms with Gasteiger partial charge in [0.15, 0.2) is 0 Å². The van der Waals surface area contributed by atoms with Gasteiger partial charge in [-0.05, 0) is 28.9 Å². The van der Waals surface area contributed by atoms with Gasteiger partial charge in [-0.2, -0.15) is 0 Å². The number of anilines is 1. The molecular formula is C11H13BrFN3O. The molecule has 0 radical (unpaired) electrons. The fourth-order valence-electron chi connectivity index (χ4n) is 1.66. The van der Waals surface area contributed by atoms with Gasteiger partial charge in [-0.1, -0.05) is 0 Å². The van der Waals surface area contributed by atoms with Crippen LogP contribution in [0.2, 0.25) is 0 Å². The second kappa shape index (κ2) is 4.62. The number of aromatic nitrogens is 2. The number of nitrogens with zero attached hydrogens (tertiary/aromatic N) is 2. The maximum absolute atomic E-state index is 13.5. The SMILES string of the molecule is COC(C)Cn1c(N)nc2cc(Br)c(F)cc21. The third-order valence-electron chi connectivity index (χ3n) is 2.66. The monoisotopic (exact) mass is 301 g/mol. The van der Waals surface area contributed by atoms with Gasteiger partial charge < -0.3 is 15.0 Å². The molecule has 0 saturated heterocycles. The third kappa shape index (κ3) is 2.28. The molecule has 1 aromatic carbocycles. The summed E-state index contributed by atoms with van der Waals surface area (Å²) in [7, 11) is 1.62. The number of imidazole rings is 1. The summed E-state index contributed by atoms with van der Waals surface area (Å²) in [6.07, 6.45) is -0.0126.